The molecule has 21 heavy (non-hydrogen) atoms. The number of rotatable bonds is 2. The summed E-state index contributed by atoms with van der Waals surface area (Å²) in [5, 5.41) is 2.85. The van der Waals surface area contributed by atoms with E-state index in [0.29, 0.717) is 26.1 Å². The van der Waals surface area contributed by atoms with Crippen LogP contribution in [0.4, 0.5) is 0 Å². The largest absolute Gasteiger partial charge is 0.363 e. The molecule has 0 atom stereocenters. The molecule has 3 rings (SSSR count). The molecule has 3 heterocycles. The summed E-state index contributed by atoms with van der Waals surface area (Å²) in [5.74, 6) is 0.0766. The molecule has 6 heteroatoms. The zero-order valence-corrected chi connectivity index (χ0v) is 11.9. The summed E-state index contributed by atoms with van der Waals surface area (Å²) >= 11 is 0. The minimum Gasteiger partial charge on any atom is -0.363 e. The van der Waals surface area contributed by atoms with E-state index >= 15 is 0 Å². The lowest BCUT2D eigenvalue weighted by molar-refractivity contribution is -0.154. The van der Waals surface area contributed by atoms with E-state index in [-0.39, 0.29) is 24.0 Å². The van der Waals surface area contributed by atoms with Crippen molar-refractivity contribution in [2.45, 2.75) is 24.9 Å². The molecule has 0 saturated carbocycles. The Bertz CT molecular complexity index is 512. The zero-order chi connectivity index (χ0) is 14.7. The van der Waals surface area contributed by atoms with E-state index in [0.717, 1.165) is 18.4 Å². The number of morpholine rings is 1. The Labute approximate surface area is 123 Å². The van der Waals surface area contributed by atoms with Crippen molar-refractivity contribution in [1.82, 2.24) is 15.2 Å². The summed E-state index contributed by atoms with van der Waals surface area (Å²) in [6.45, 7) is 2.04. The SMILES string of the molecule is O=C1COC2(CCN(C(=O)Cc3ccncc3)CC2)CN1. The van der Waals surface area contributed by atoms with E-state index in [1.54, 1.807) is 12.4 Å². The van der Waals surface area contributed by atoms with Gasteiger partial charge in [-0.15, -0.1) is 0 Å². The molecule has 1 N–H and O–H groups in total. The lowest BCUT2D eigenvalue weighted by Gasteiger charge is -2.43. The molecular weight excluding hydrogens is 270 g/mol. The maximum Gasteiger partial charge on any atom is 0.246 e. The third-order valence-corrected chi connectivity index (χ3v) is 4.25. The summed E-state index contributed by atoms with van der Waals surface area (Å²) in [6, 6.07) is 3.73. The number of nitrogens with one attached hydrogen (secondary N) is 1. The average molecular weight is 289 g/mol. The van der Waals surface area contributed by atoms with Crippen LogP contribution < -0.4 is 5.32 Å². The number of aromatic nitrogens is 1. The number of nitrogens with zero attached hydrogens (tertiary/aromatic N) is 2. The smallest absolute Gasteiger partial charge is 0.246 e. The maximum absolute atomic E-state index is 12.3. The molecular formula is C15H19N3O3. The Morgan fingerprint density at radius 2 is 2.05 bits per heavy atom. The summed E-state index contributed by atoms with van der Waals surface area (Å²) in [4.78, 5) is 29.3. The van der Waals surface area contributed by atoms with Crippen LogP contribution in [0.5, 0.6) is 0 Å². The molecule has 0 radical (unpaired) electrons. The second-order valence-corrected chi connectivity index (χ2v) is 5.66. The van der Waals surface area contributed by atoms with Gasteiger partial charge >= 0.3 is 0 Å². The fourth-order valence-corrected chi connectivity index (χ4v) is 2.85. The number of carbonyl (C=O) groups is 2. The van der Waals surface area contributed by atoms with E-state index in [2.05, 4.69) is 10.3 Å². The van der Waals surface area contributed by atoms with Gasteiger partial charge < -0.3 is 15.0 Å². The van der Waals surface area contributed by atoms with Gasteiger partial charge in [-0.3, -0.25) is 14.6 Å². The van der Waals surface area contributed by atoms with Crippen LogP contribution in [-0.4, -0.2) is 53.5 Å². The first kappa shape index (κ1) is 14.0. The summed E-state index contributed by atoms with van der Waals surface area (Å²) in [5.41, 5.74) is 0.706. The van der Waals surface area contributed by atoms with Crippen LogP contribution in [0.25, 0.3) is 0 Å². The lowest BCUT2D eigenvalue weighted by Crippen LogP contribution is -2.58. The Morgan fingerprint density at radius 1 is 1.33 bits per heavy atom. The fourth-order valence-electron chi connectivity index (χ4n) is 2.85. The average Bonchev–Trinajstić information content (AvgIpc) is 2.52. The minimum absolute atomic E-state index is 0.0585. The van der Waals surface area contributed by atoms with Crippen LogP contribution in [0.2, 0.25) is 0 Å². The van der Waals surface area contributed by atoms with Crippen molar-refractivity contribution in [2.75, 3.05) is 26.2 Å². The van der Waals surface area contributed by atoms with Crippen LogP contribution in [0, 0.1) is 0 Å². The first-order chi connectivity index (χ1) is 10.2. The van der Waals surface area contributed by atoms with Gasteiger partial charge in [-0.2, -0.15) is 0 Å². The number of ether oxygens (including phenoxy) is 1. The van der Waals surface area contributed by atoms with Gasteiger partial charge in [0.25, 0.3) is 0 Å². The molecule has 2 fully saturated rings. The third-order valence-electron chi connectivity index (χ3n) is 4.25. The molecule has 1 spiro atoms. The third kappa shape index (κ3) is 3.21. The molecule has 1 aromatic heterocycles. The van der Waals surface area contributed by atoms with Gasteiger partial charge in [0.15, 0.2) is 0 Å². The summed E-state index contributed by atoms with van der Waals surface area (Å²) < 4.78 is 5.71. The summed E-state index contributed by atoms with van der Waals surface area (Å²) in [6.07, 6.45) is 5.36. The molecule has 112 valence electrons. The number of carbonyl (C=O) groups excluding carboxylic acids is 2. The van der Waals surface area contributed by atoms with Crippen molar-refractivity contribution in [3.05, 3.63) is 30.1 Å². The Kier molecular flexibility index (Phi) is 3.88. The van der Waals surface area contributed by atoms with E-state index in [4.69, 9.17) is 4.74 Å². The second kappa shape index (κ2) is 5.81. The summed E-state index contributed by atoms with van der Waals surface area (Å²) in [7, 11) is 0. The van der Waals surface area contributed by atoms with Crippen molar-refractivity contribution < 1.29 is 14.3 Å². The predicted molar refractivity (Wildman–Crippen MR) is 75.4 cm³/mol. The van der Waals surface area contributed by atoms with Crippen molar-refractivity contribution in [3.8, 4) is 0 Å². The number of piperidine rings is 1. The zero-order valence-electron chi connectivity index (χ0n) is 11.9. The first-order valence-corrected chi connectivity index (χ1v) is 7.24. The van der Waals surface area contributed by atoms with Crippen molar-refractivity contribution in [3.63, 3.8) is 0 Å². The lowest BCUT2D eigenvalue weighted by atomic mass is 9.89. The van der Waals surface area contributed by atoms with E-state index < -0.39 is 0 Å². The quantitative estimate of drug-likeness (QED) is 0.840. The Balaban J connectivity index is 1.53. The van der Waals surface area contributed by atoms with Crippen LogP contribution >= 0.6 is 0 Å². The van der Waals surface area contributed by atoms with E-state index in [1.807, 2.05) is 17.0 Å². The maximum atomic E-state index is 12.3. The Morgan fingerprint density at radius 3 is 2.67 bits per heavy atom. The molecule has 0 aromatic carbocycles. The number of likely N-dealkylation sites (tertiary alicyclic amines) is 1. The molecule has 2 amide bonds. The highest BCUT2D eigenvalue weighted by Gasteiger charge is 2.39. The van der Waals surface area contributed by atoms with Gasteiger partial charge in [0, 0.05) is 32.0 Å². The van der Waals surface area contributed by atoms with Gasteiger partial charge in [0.2, 0.25) is 11.8 Å². The predicted octanol–water partition coefficient (Wildman–Crippen LogP) is 0.132. The molecule has 0 unspecified atom stereocenters. The van der Waals surface area contributed by atoms with Crippen LogP contribution in [0.15, 0.2) is 24.5 Å². The van der Waals surface area contributed by atoms with E-state index in [1.165, 1.54) is 0 Å². The number of pyridine rings is 1. The standard InChI is InChI=1S/C15H19N3O3/c19-13-10-21-15(11-17-13)3-7-18(8-4-15)14(20)9-12-1-5-16-6-2-12/h1-2,5-6H,3-4,7-11H2,(H,17,19). The molecule has 2 saturated heterocycles. The topological polar surface area (TPSA) is 71.5 Å². The highest BCUT2D eigenvalue weighted by Crippen LogP contribution is 2.27. The van der Waals surface area contributed by atoms with Crippen LogP contribution in [-0.2, 0) is 20.7 Å². The highest BCUT2D eigenvalue weighted by atomic mass is 16.5. The molecule has 6 nitrogen and oxygen atoms in total. The van der Waals surface area contributed by atoms with Crippen LogP contribution in [0.3, 0.4) is 0 Å². The van der Waals surface area contributed by atoms with E-state index in [9.17, 15) is 9.59 Å². The monoisotopic (exact) mass is 289 g/mol. The normalized spacial score (nSPS) is 21.1. The number of amides is 2. The highest BCUT2D eigenvalue weighted by molar-refractivity contribution is 5.79. The van der Waals surface area contributed by atoms with Crippen molar-refractivity contribution in [1.29, 1.82) is 0 Å². The van der Waals surface area contributed by atoms with Gasteiger partial charge in [-0.25, -0.2) is 0 Å². The van der Waals surface area contributed by atoms with Gasteiger partial charge in [-0.1, -0.05) is 0 Å². The van der Waals surface area contributed by atoms with Crippen LogP contribution in [0.1, 0.15) is 18.4 Å². The number of hydrogen-bond donors (Lipinski definition) is 1. The molecule has 0 bridgehead atoms. The van der Waals surface area contributed by atoms with Crippen molar-refractivity contribution >= 4 is 11.8 Å². The number of hydrogen-bond acceptors (Lipinski definition) is 4. The van der Waals surface area contributed by atoms with Gasteiger partial charge in [-0.05, 0) is 30.5 Å². The first-order valence-electron chi connectivity index (χ1n) is 7.24. The molecule has 0 aliphatic carbocycles. The molecule has 1 aromatic rings. The Hall–Kier alpha value is -1.95. The molecule has 2 aliphatic rings. The fraction of sp³-hybridized carbons (Fsp3) is 0.533. The molecule has 2 aliphatic heterocycles. The van der Waals surface area contributed by atoms with Gasteiger partial charge in [0.05, 0.1) is 12.0 Å². The van der Waals surface area contributed by atoms with Gasteiger partial charge in [0.1, 0.15) is 6.61 Å². The minimum atomic E-state index is -0.276. The van der Waals surface area contributed by atoms with Crippen molar-refractivity contribution in [2.24, 2.45) is 0 Å². The second-order valence-electron chi connectivity index (χ2n) is 5.66.